The lowest BCUT2D eigenvalue weighted by molar-refractivity contribution is -0.137. The van der Waals surface area contributed by atoms with Crippen LogP contribution in [0.2, 0.25) is 0 Å². The maximum absolute atomic E-state index is 11.6. The van der Waals surface area contributed by atoms with Gasteiger partial charge in [0.15, 0.2) is 0 Å². The van der Waals surface area contributed by atoms with Gasteiger partial charge in [-0.05, 0) is 49.9 Å². The quantitative estimate of drug-likeness (QED) is 0.798. The highest BCUT2D eigenvalue weighted by Gasteiger charge is 2.62. The molecule has 0 aromatic carbocycles. The van der Waals surface area contributed by atoms with E-state index in [9.17, 15) is 9.59 Å². The molecule has 4 aliphatic carbocycles. The summed E-state index contributed by atoms with van der Waals surface area (Å²) in [7, 11) is 0. The minimum Gasteiger partial charge on any atom is -0.351 e. The molecule has 106 valence electrons. The van der Waals surface area contributed by atoms with Crippen LogP contribution in [0.4, 0.5) is 0 Å². The minimum atomic E-state index is -0.0809. The number of rotatable bonds is 2. The van der Waals surface area contributed by atoms with Crippen molar-refractivity contribution < 1.29 is 9.59 Å². The van der Waals surface area contributed by atoms with Gasteiger partial charge in [0.05, 0.1) is 0 Å². The molecule has 0 heterocycles. The van der Waals surface area contributed by atoms with Crippen molar-refractivity contribution in [2.45, 2.75) is 70.4 Å². The van der Waals surface area contributed by atoms with Crippen molar-refractivity contribution in [3.63, 3.8) is 0 Å². The monoisotopic (exact) mass is 264 g/mol. The molecule has 0 aromatic rings. The highest BCUT2D eigenvalue weighted by molar-refractivity contribution is 5.75. The van der Waals surface area contributed by atoms with Crippen LogP contribution in [0.3, 0.4) is 0 Å². The second-order valence-corrected chi connectivity index (χ2v) is 7.74. The van der Waals surface area contributed by atoms with Crippen LogP contribution in [0, 0.1) is 11.3 Å². The maximum Gasteiger partial charge on any atom is 0.217 e. The lowest BCUT2D eigenvalue weighted by Gasteiger charge is -2.66. The lowest BCUT2D eigenvalue weighted by atomic mass is 9.44. The standard InChI is InChI=1S/C15H24N2O2/c1-10(18)16-14-5-12-4-13(3,7-14)8-15(6-12,9-14)17-11(2)19/h12H,4-9H2,1-3H3,(H,16,18)(H,17,19)/t12?,13?,14-,15-/m0/s1. The first-order valence-electron chi connectivity index (χ1n) is 7.31. The summed E-state index contributed by atoms with van der Waals surface area (Å²) in [6.45, 7) is 5.53. The molecule has 4 heteroatoms. The number of nitrogens with one attached hydrogen (secondary N) is 2. The van der Waals surface area contributed by atoms with E-state index in [2.05, 4.69) is 17.6 Å². The molecule has 0 saturated heterocycles. The smallest absolute Gasteiger partial charge is 0.217 e. The fraction of sp³-hybridized carbons (Fsp3) is 0.867. The highest BCUT2D eigenvalue weighted by Crippen LogP contribution is 2.62. The van der Waals surface area contributed by atoms with Crippen molar-refractivity contribution in [2.75, 3.05) is 0 Å². The number of carbonyl (C=O) groups excluding carboxylic acids is 2. The molecule has 0 aromatic heterocycles. The molecule has 2 amide bonds. The SMILES string of the molecule is CC(=O)N[C@@]12CC3CC(C)(C1)C[C@@](NC(C)=O)(C3)C2. The fourth-order valence-corrected chi connectivity index (χ4v) is 5.95. The number of amides is 2. The zero-order valence-electron chi connectivity index (χ0n) is 12.1. The molecule has 4 nitrogen and oxygen atoms in total. The second kappa shape index (κ2) is 3.74. The van der Waals surface area contributed by atoms with Crippen molar-refractivity contribution in [3.8, 4) is 0 Å². The maximum atomic E-state index is 11.6. The Labute approximate surface area is 114 Å². The summed E-state index contributed by atoms with van der Waals surface area (Å²) in [4.78, 5) is 23.1. The van der Waals surface area contributed by atoms with Gasteiger partial charge in [0, 0.05) is 24.9 Å². The van der Waals surface area contributed by atoms with Gasteiger partial charge in [-0.2, -0.15) is 0 Å². The van der Waals surface area contributed by atoms with Gasteiger partial charge >= 0.3 is 0 Å². The second-order valence-electron chi connectivity index (χ2n) is 7.74. The van der Waals surface area contributed by atoms with Crippen LogP contribution in [0.5, 0.6) is 0 Å². The van der Waals surface area contributed by atoms with Crippen molar-refractivity contribution in [2.24, 2.45) is 11.3 Å². The summed E-state index contributed by atoms with van der Waals surface area (Å²) in [6.07, 6.45) is 6.46. The summed E-state index contributed by atoms with van der Waals surface area (Å²) in [5.74, 6) is 0.756. The van der Waals surface area contributed by atoms with Crippen LogP contribution in [0.25, 0.3) is 0 Å². The van der Waals surface area contributed by atoms with E-state index in [1.54, 1.807) is 13.8 Å². The molecule has 2 atom stereocenters. The molecule has 4 fully saturated rings. The van der Waals surface area contributed by atoms with Crippen molar-refractivity contribution >= 4 is 11.8 Å². The molecule has 0 radical (unpaired) electrons. The Kier molecular flexibility index (Phi) is 2.55. The van der Waals surface area contributed by atoms with E-state index >= 15 is 0 Å². The molecular weight excluding hydrogens is 240 g/mol. The van der Waals surface area contributed by atoms with Gasteiger partial charge in [-0.15, -0.1) is 0 Å². The predicted molar refractivity (Wildman–Crippen MR) is 72.4 cm³/mol. The van der Waals surface area contributed by atoms with Gasteiger partial charge in [-0.25, -0.2) is 0 Å². The third-order valence-corrected chi connectivity index (χ3v) is 5.23. The first-order chi connectivity index (χ1) is 8.74. The molecule has 4 bridgehead atoms. The normalized spacial score (nSPS) is 47.0. The van der Waals surface area contributed by atoms with E-state index in [4.69, 9.17) is 0 Å². The van der Waals surface area contributed by atoms with Crippen LogP contribution < -0.4 is 10.6 Å². The summed E-state index contributed by atoms with van der Waals surface area (Å²) in [5.41, 5.74) is 0.106. The van der Waals surface area contributed by atoms with Crippen LogP contribution in [-0.4, -0.2) is 22.9 Å². The Bertz CT molecular complexity index is 413. The zero-order chi connectivity index (χ0) is 13.9. The Morgan fingerprint density at radius 3 is 1.74 bits per heavy atom. The summed E-state index contributed by atoms with van der Waals surface area (Å²) in [5, 5.41) is 6.44. The van der Waals surface area contributed by atoms with E-state index in [0.717, 1.165) is 32.1 Å². The van der Waals surface area contributed by atoms with Gasteiger partial charge in [0.25, 0.3) is 0 Å². The van der Waals surface area contributed by atoms with Gasteiger partial charge in [-0.1, -0.05) is 6.92 Å². The van der Waals surface area contributed by atoms with Crippen LogP contribution in [0.15, 0.2) is 0 Å². The molecule has 0 aliphatic heterocycles. The fourth-order valence-electron chi connectivity index (χ4n) is 5.95. The van der Waals surface area contributed by atoms with E-state index in [1.807, 2.05) is 0 Å². The Balaban J connectivity index is 1.94. The highest BCUT2D eigenvalue weighted by atomic mass is 16.2. The van der Waals surface area contributed by atoms with Gasteiger partial charge in [0.1, 0.15) is 0 Å². The largest absolute Gasteiger partial charge is 0.351 e. The zero-order valence-corrected chi connectivity index (χ0v) is 12.1. The van der Waals surface area contributed by atoms with Gasteiger partial charge < -0.3 is 10.6 Å². The third kappa shape index (κ3) is 2.15. The average Bonchev–Trinajstić information content (AvgIpc) is 2.06. The van der Waals surface area contributed by atoms with Gasteiger partial charge in [0.2, 0.25) is 11.8 Å². The van der Waals surface area contributed by atoms with E-state index < -0.39 is 0 Å². The Hall–Kier alpha value is -1.06. The van der Waals surface area contributed by atoms with E-state index in [1.165, 1.54) is 6.42 Å². The molecule has 4 saturated carbocycles. The van der Waals surface area contributed by atoms with Gasteiger partial charge in [-0.3, -0.25) is 9.59 Å². The molecule has 19 heavy (non-hydrogen) atoms. The molecule has 0 unspecified atom stereocenters. The molecule has 4 aliphatic rings. The topological polar surface area (TPSA) is 58.2 Å². The van der Waals surface area contributed by atoms with E-state index in [-0.39, 0.29) is 28.3 Å². The van der Waals surface area contributed by atoms with Crippen LogP contribution in [0.1, 0.15) is 59.3 Å². The Morgan fingerprint density at radius 2 is 1.37 bits per heavy atom. The number of hydrogen-bond acceptors (Lipinski definition) is 2. The van der Waals surface area contributed by atoms with Crippen molar-refractivity contribution in [3.05, 3.63) is 0 Å². The van der Waals surface area contributed by atoms with E-state index in [0.29, 0.717) is 5.92 Å². The van der Waals surface area contributed by atoms with Crippen LogP contribution >= 0.6 is 0 Å². The number of hydrogen-bond donors (Lipinski definition) is 2. The average molecular weight is 264 g/mol. The molecular formula is C15H24N2O2. The molecule has 0 spiro atoms. The minimum absolute atomic E-state index is 0.0588. The van der Waals surface area contributed by atoms with Crippen molar-refractivity contribution in [1.82, 2.24) is 10.6 Å². The number of carbonyl (C=O) groups is 2. The summed E-state index contributed by atoms with van der Waals surface area (Å²) >= 11 is 0. The van der Waals surface area contributed by atoms with Crippen molar-refractivity contribution in [1.29, 1.82) is 0 Å². The van der Waals surface area contributed by atoms with Crippen LogP contribution in [-0.2, 0) is 9.59 Å². The first kappa shape index (κ1) is 12.9. The summed E-state index contributed by atoms with van der Waals surface area (Å²) in [6, 6.07) is 0. The predicted octanol–water partition coefficient (Wildman–Crippen LogP) is 1.74. The molecule has 2 N–H and O–H groups in total. The summed E-state index contributed by atoms with van der Waals surface area (Å²) < 4.78 is 0. The first-order valence-corrected chi connectivity index (χ1v) is 7.31. The Morgan fingerprint density at radius 1 is 0.895 bits per heavy atom. The molecule has 4 rings (SSSR count). The third-order valence-electron chi connectivity index (χ3n) is 5.23. The lowest BCUT2D eigenvalue weighted by Crippen LogP contribution is -2.71.